The highest BCUT2D eigenvalue weighted by Gasteiger charge is 2.22. The Bertz CT molecular complexity index is 486. The maximum absolute atomic E-state index is 13.5. The highest BCUT2D eigenvalue weighted by Crippen LogP contribution is 2.20. The fourth-order valence-corrected chi connectivity index (χ4v) is 1.54. The Morgan fingerprint density at radius 3 is 2.72 bits per heavy atom. The van der Waals surface area contributed by atoms with Crippen LogP contribution in [0.1, 0.15) is 23.2 Å². The van der Waals surface area contributed by atoms with Crippen LogP contribution in [-0.4, -0.2) is 29.6 Å². The zero-order valence-corrected chi connectivity index (χ0v) is 9.57. The van der Waals surface area contributed by atoms with Gasteiger partial charge in [-0.15, -0.1) is 0 Å². The van der Waals surface area contributed by atoms with Crippen molar-refractivity contribution >= 4 is 17.6 Å². The van der Waals surface area contributed by atoms with Gasteiger partial charge >= 0.3 is 5.97 Å². The van der Waals surface area contributed by atoms with Crippen molar-refractivity contribution in [3.05, 3.63) is 29.6 Å². The smallest absolute Gasteiger partial charge is 0.337 e. The standard InChI is InChI=1S/C12H13FN2O3/c13-9-3-1-2-8(12(17)18)11(9)15-10(16)6-14-7-4-5-7/h1-3,7,14H,4-6H2,(H,15,16)(H,17,18). The number of carbonyl (C=O) groups excluding carboxylic acids is 1. The van der Waals surface area contributed by atoms with Gasteiger partial charge < -0.3 is 15.7 Å². The first-order chi connectivity index (χ1) is 8.58. The molecule has 1 aromatic rings. The maximum atomic E-state index is 13.5. The summed E-state index contributed by atoms with van der Waals surface area (Å²) >= 11 is 0. The Balaban J connectivity index is 2.06. The van der Waals surface area contributed by atoms with Crippen LogP contribution in [0.4, 0.5) is 10.1 Å². The zero-order valence-electron chi connectivity index (χ0n) is 9.57. The number of rotatable bonds is 5. The van der Waals surface area contributed by atoms with Gasteiger partial charge in [0.15, 0.2) is 0 Å². The molecule has 1 amide bonds. The topological polar surface area (TPSA) is 78.4 Å². The molecule has 0 heterocycles. The van der Waals surface area contributed by atoms with Crippen LogP contribution in [0.2, 0.25) is 0 Å². The van der Waals surface area contributed by atoms with Crippen molar-refractivity contribution in [1.29, 1.82) is 0 Å². The first-order valence-electron chi connectivity index (χ1n) is 5.63. The van der Waals surface area contributed by atoms with Crippen LogP contribution in [0, 0.1) is 5.82 Å². The Labute approximate surface area is 103 Å². The Kier molecular flexibility index (Phi) is 3.57. The fraction of sp³-hybridized carbons (Fsp3) is 0.333. The fourth-order valence-electron chi connectivity index (χ4n) is 1.54. The summed E-state index contributed by atoms with van der Waals surface area (Å²) in [7, 11) is 0. The zero-order chi connectivity index (χ0) is 13.1. The van der Waals surface area contributed by atoms with Crippen molar-refractivity contribution in [2.75, 3.05) is 11.9 Å². The summed E-state index contributed by atoms with van der Waals surface area (Å²) in [6.45, 7) is 0.0536. The molecule has 1 aliphatic rings. The van der Waals surface area contributed by atoms with E-state index in [0.29, 0.717) is 6.04 Å². The third-order valence-corrected chi connectivity index (χ3v) is 2.64. The SMILES string of the molecule is O=C(CNC1CC1)Nc1c(F)cccc1C(=O)O. The molecule has 0 atom stereocenters. The molecule has 0 spiro atoms. The molecule has 18 heavy (non-hydrogen) atoms. The second-order valence-electron chi connectivity index (χ2n) is 4.17. The van der Waals surface area contributed by atoms with E-state index < -0.39 is 17.7 Å². The van der Waals surface area contributed by atoms with Crippen molar-refractivity contribution in [2.45, 2.75) is 18.9 Å². The first-order valence-corrected chi connectivity index (χ1v) is 5.63. The van der Waals surface area contributed by atoms with E-state index in [0.717, 1.165) is 18.9 Å². The first kappa shape index (κ1) is 12.5. The van der Waals surface area contributed by atoms with E-state index in [1.807, 2.05) is 0 Å². The summed E-state index contributed by atoms with van der Waals surface area (Å²) in [5.41, 5.74) is -0.539. The van der Waals surface area contributed by atoms with Crippen LogP contribution < -0.4 is 10.6 Å². The molecular weight excluding hydrogens is 239 g/mol. The lowest BCUT2D eigenvalue weighted by Gasteiger charge is -2.09. The number of carbonyl (C=O) groups is 2. The lowest BCUT2D eigenvalue weighted by atomic mass is 10.1. The lowest BCUT2D eigenvalue weighted by molar-refractivity contribution is -0.115. The van der Waals surface area contributed by atoms with E-state index in [9.17, 15) is 14.0 Å². The number of aromatic carboxylic acids is 1. The van der Waals surface area contributed by atoms with Gasteiger partial charge in [0.2, 0.25) is 5.91 Å². The van der Waals surface area contributed by atoms with E-state index in [4.69, 9.17) is 5.11 Å². The molecule has 0 bridgehead atoms. The van der Waals surface area contributed by atoms with Crippen LogP contribution in [0.15, 0.2) is 18.2 Å². The molecule has 0 aromatic heterocycles. The average molecular weight is 252 g/mol. The summed E-state index contributed by atoms with van der Waals surface area (Å²) in [5, 5.41) is 14.1. The van der Waals surface area contributed by atoms with Crippen molar-refractivity contribution in [1.82, 2.24) is 5.32 Å². The van der Waals surface area contributed by atoms with Crippen molar-refractivity contribution < 1.29 is 19.1 Å². The van der Waals surface area contributed by atoms with Crippen molar-refractivity contribution in [3.63, 3.8) is 0 Å². The summed E-state index contributed by atoms with van der Waals surface area (Å²) < 4.78 is 13.5. The Morgan fingerprint density at radius 1 is 1.39 bits per heavy atom. The molecule has 1 fully saturated rings. The summed E-state index contributed by atoms with van der Waals surface area (Å²) in [6.07, 6.45) is 2.07. The van der Waals surface area contributed by atoms with Crippen LogP contribution in [0.5, 0.6) is 0 Å². The number of hydrogen-bond acceptors (Lipinski definition) is 3. The van der Waals surface area contributed by atoms with Crippen LogP contribution >= 0.6 is 0 Å². The maximum Gasteiger partial charge on any atom is 0.337 e. The third-order valence-electron chi connectivity index (χ3n) is 2.64. The molecule has 3 N–H and O–H groups in total. The van der Waals surface area contributed by atoms with Gasteiger partial charge in [0.1, 0.15) is 5.82 Å². The van der Waals surface area contributed by atoms with Gasteiger partial charge in [-0.25, -0.2) is 9.18 Å². The van der Waals surface area contributed by atoms with E-state index >= 15 is 0 Å². The third kappa shape index (κ3) is 3.04. The highest BCUT2D eigenvalue weighted by molar-refractivity contribution is 6.01. The molecule has 0 saturated heterocycles. The van der Waals surface area contributed by atoms with Crippen LogP contribution in [0.3, 0.4) is 0 Å². The lowest BCUT2D eigenvalue weighted by Crippen LogP contribution is -2.30. The molecule has 1 aromatic carbocycles. The second-order valence-corrected chi connectivity index (χ2v) is 4.17. The number of para-hydroxylation sites is 1. The number of benzene rings is 1. The number of anilines is 1. The molecule has 6 heteroatoms. The van der Waals surface area contributed by atoms with Gasteiger partial charge in [0.05, 0.1) is 17.8 Å². The van der Waals surface area contributed by atoms with Crippen molar-refractivity contribution in [3.8, 4) is 0 Å². The summed E-state index contributed by atoms with van der Waals surface area (Å²) in [4.78, 5) is 22.4. The number of hydrogen-bond donors (Lipinski definition) is 3. The number of nitrogens with one attached hydrogen (secondary N) is 2. The number of carboxylic acid groups (broad SMARTS) is 1. The largest absolute Gasteiger partial charge is 0.478 e. The van der Waals surface area contributed by atoms with Crippen LogP contribution in [-0.2, 0) is 4.79 Å². The van der Waals surface area contributed by atoms with E-state index in [-0.39, 0.29) is 17.8 Å². The minimum absolute atomic E-state index is 0.0536. The molecule has 96 valence electrons. The molecule has 0 unspecified atom stereocenters. The summed E-state index contributed by atoms with van der Waals surface area (Å²) in [6, 6.07) is 4.00. The number of halogens is 1. The predicted octanol–water partition coefficient (Wildman–Crippen LogP) is 1.21. The van der Waals surface area contributed by atoms with Gasteiger partial charge in [0, 0.05) is 6.04 Å². The van der Waals surface area contributed by atoms with E-state index in [2.05, 4.69) is 10.6 Å². The predicted molar refractivity (Wildman–Crippen MR) is 63.0 cm³/mol. The molecule has 1 saturated carbocycles. The Hall–Kier alpha value is -1.95. The van der Waals surface area contributed by atoms with Gasteiger partial charge in [-0.3, -0.25) is 4.79 Å². The summed E-state index contributed by atoms with van der Waals surface area (Å²) in [5.74, 6) is -2.48. The van der Waals surface area contributed by atoms with Gasteiger partial charge in [-0.1, -0.05) is 6.07 Å². The minimum atomic E-state index is -1.28. The van der Waals surface area contributed by atoms with E-state index in [1.54, 1.807) is 0 Å². The van der Waals surface area contributed by atoms with Crippen molar-refractivity contribution in [2.24, 2.45) is 0 Å². The average Bonchev–Trinajstić information content (AvgIpc) is 3.12. The molecule has 0 aliphatic heterocycles. The molecule has 5 nitrogen and oxygen atoms in total. The normalized spacial score (nSPS) is 14.3. The minimum Gasteiger partial charge on any atom is -0.478 e. The Morgan fingerprint density at radius 2 is 2.11 bits per heavy atom. The van der Waals surface area contributed by atoms with Gasteiger partial charge in [-0.05, 0) is 25.0 Å². The highest BCUT2D eigenvalue weighted by atomic mass is 19.1. The monoisotopic (exact) mass is 252 g/mol. The van der Waals surface area contributed by atoms with Gasteiger partial charge in [0.25, 0.3) is 0 Å². The molecule has 0 radical (unpaired) electrons. The van der Waals surface area contributed by atoms with Gasteiger partial charge in [-0.2, -0.15) is 0 Å². The van der Waals surface area contributed by atoms with E-state index in [1.165, 1.54) is 12.1 Å². The number of carboxylic acids is 1. The number of amides is 1. The van der Waals surface area contributed by atoms with Crippen LogP contribution in [0.25, 0.3) is 0 Å². The molecule has 2 rings (SSSR count). The quantitative estimate of drug-likeness (QED) is 0.736. The molecular formula is C12H13FN2O3. The molecule has 1 aliphatic carbocycles. The second kappa shape index (κ2) is 5.14.